The van der Waals surface area contributed by atoms with Gasteiger partial charge in [-0.3, -0.25) is 9.69 Å². The normalized spacial score (nSPS) is 17.9. The number of benzene rings is 2. The van der Waals surface area contributed by atoms with Gasteiger partial charge in [0.05, 0.1) is 30.9 Å². The van der Waals surface area contributed by atoms with E-state index in [1.807, 2.05) is 36.4 Å². The van der Waals surface area contributed by atoms with Crippen LogP contribution in [-0.4, -0.2) is 48.8 Å². The summed E-state index contributed by atoms with van der Waals surface area (Å²) in [7, 11) is 1.61. The Kier molecular flexibility index (Phi) is 5.63. The number of nitrogens with two attached hydrogens (primary N) is 1. The molecular formula is C20H25N3O3. The molecule has 2 aromatic rings. The number of nitrogen functional groups attached to an aromatic ring is 1. The lowest BCUT2D eigenvalue weighted by molar-refractivity contribution is -0.137. The number of hydrogen-bond donors (Lipinski definition) is 2. The van der Waals surface area contributed by atoms with Gasteiger partial charge in [0, 0.05) is 32.2 Å². The van der Waals surface area contributed by atoms with Gasteiger partial charge in [-0.1, -0.05) is 30.3 Å². The molecule has 3 N–H and O–H groups in total. The topological polar surface area (TPSA) is 79.0 Å². The predicted molar refractivity (Wildman–Crippen MR) is 103 cm³/mol. The molecule has 0 saturated carbocycles. The molecule has 6 heteroatoms. The van der Waals surface area contributed by atoms with Crippen molar-refractivity contribution in [3.05, 3.63) is 54.1 Å². The summed E-state index contributed by atoms with van der Waals surface area (Å²) >= 11 is 0. The van der Waals surface area contributed by atoms with Crippen molar-refractivity contribution in [2.75, 3.05) is 37.4 Å². The summed E-state index contributed by atoms with van der Waals surface area (Å²) in [4.78, 5) is 15.8. The first kappa shape index (κ1) is 18.1. The maximum Gasteiger partial charge on any atom is 0.305 e. The van der Waals surface area contributed by atoms with E-state index in [1.165, 1.54) is 5.56 Å². The van der Waals surface area contributed by atoms with Gasteiger partial charge in [-0.15, -0.1) is 0 Å². The van der Waals surface area contributed by atoms with Crippen molar-refractivity contribution < 1.29 is 14.6 Å². The summed E-state index contributed by atoms with van der Waals surface area (Å²) in [6.07, 6.45) is 0.0714. The summed E-state index contributed by atoms with van der Waals surface area (Å²) in [5.41, 5.74) is 8.88. The molecule has 1 heterocycles. The summed E-state index contributed by atoms with van der Waals surface area (Å²) in [6, 6.07) is 15.6. The average Bonchev–Trinajstić information content (AvgIpc) is 2.63. The van der Waals surface area contributed by atoms with E-state index in [1.54, 1.807) is 7.11 Å². The summed E-state index contributed by atoms with van der Waals surface area (Å²) < 4.78 is 5.31. The summed E-state index contributed by atoms with van der Waals surface area (Å²) in [6.45, 7) is 3.07. The van der Waals surface area contributed by atoms with E-state index >= 15 is 0 Å². The third-order valence-corrected chi connectivity index (χ3v) is 4.77. The first-order valence-corrected chi connectivity index (χ1v) is 8.75. The van der Waals surface area contributed by atoms with E-state index in [2.05, 4.69) is 21.9 Å². The van der Waals surface area contributed by atoms with Gasteiger partial charge < -0.3 is 20.5 Å². The van der Waals surface area contributed by atoms with Crippen LogP contribution in [-0.2, 0) is 11.3 Å². The second kappa shape index (κ2) is 8.10. The van der Waals surface area contributed by atoms with Crippen LogP contribution < -0.4 is 15.4 Å². The monoisotopic (exact) mass is 355 g/mol. The zero-order chi connectivity index (χ0) is 18.5. The number of carbonyl (C=O) groups is 1. The second-order valence-corrected chi connectivity index (χ2v) is 6.59. The van der Waals surface area contributed by atoms with Crippen molar-refractivity contribution in [2.45, 2.75) is 19.0 Å². The molecule has 1 aliphatic rings. The Morgan fingerprint density at radius 3 is 2.69 bits per heavy atom. The lowest BCUT2D eigenvalue weighted by Gasteiger charge is -2.42. The van der Waals surface area contributed by atoms with E-state index < -0.39 is 5.97 Å². The van der Waals surface area contributed by atoms with E-state index in [0.717, 1.165) is 31.1 Å². The van der Waals surface area contributed by atoms with E-state index in [0.29, 0.717) is 12.2 Å². The molecule has 0 amide bonds. The lowest BCUT2D eigenvalue weighted by Crippen LogP contribution is -2.53. The van der Waals surface area contributed by atoms with Crippen molar-refractivity contribution in [1.29, 1.82) is 0 Å². The van der Waals surface area contributed by atoms with Crippen LogP contribution in [0.5, 0.6) is 5.75 Å². The number of rotatable bonds is 6. The Bertz CT molecular complexity index is 751. The van der Waals surface area contributed by atoms with Crippen LogP contribution in [0.3, 0.4) is 0 Å². The Morgan fingerprint density at radius 2 is 2.00 bits per heavy atom. The zero-order valence-corrected chi connectivity index (χ0v) is 15.0. The molecule has 1 fully saturated rings. The molecule has 1 atom stereocenters. The molecule has 2 aromatic carbocycles. The Morgan fingerprint density at radius 1 is 1.23 bits per heavy atom. The molecule has 0 bridgehead atoms. The maximum atomic E-state index is 11.4. The highest BCUT2D eigenvalue weighted by Crippen LogP contribution is 2.32. The highest BCUT2D eigenvalue weighted by Gasteiger charge is 2.30. The molecular weight excluding hydrogens is 330 g/mol. The first-order valence-electron chi connectivity index (χ1n) is 8.75. The van der Waals surface area contributed by atoms with Crippen LogP contribution >= 0.6 is 0 Å². The van der Waals surface area contributed by atoms with Crippen LogP contribution in [0.2, 0.25) is 0 Å². The molecule has 1 saturated heterocycles. The Labute approximate surface area is 153 Å². The molecule has 6 nitrogen and oxygen atoms in total. The Hall–Kier alpha value is -2.73. The van der Waals surface area contributed by atoms with Crippen LogP contribution in [0.4, 0.5) is 11.4 Å². The fourth-order valence-electron chi connectivity index (χ4n) is 3.50. The molecule has 138 valence electrons. The van der Waals surface area contributed by atoms with Crippen molar-refractivity contribution in [3.8, 4) is 5.75 Å². The number of nitrogens with zero attached hydrogens (tertiary/aromatic N) is 2. The number of aliphatic carboxylic acids is 1. The standard InChI is InChI=1S/C20H25N3O3/c1-26-17-7-8-18(21)19(12-17)23-10-9-22(14-16(23)11-20(24)25)13-15-5-3-2-4-6-15/h2-8,12,16H,9-11,13-14,21H2,1H3,(H,24,25)/t16-/m1/s1. The lowest BCUT2D eigenvalue weighted by atomic mass is 10.1. The SMILES string of the molecule is COc1ccc(N)c(N2CCN(Cc3ccccc3)C[C@H]2CC(=O)O)c1. The van der Waals surface area contributed by atoms with Gasteiger partial charge in [-0.2, -0.15) is 0 Å². The molecule has 0 radical (unpaired) electrons. The average molecular weight is 355 g/mol. The quantitative estimate of drug-likeness (QED) is 0.775. The number of piperazine rings is 1. The van der Waals surface area contributed by atoms with Gasteiger partial charge in [0.2, 0.25) is 0 Å². The fourth-order valence-corrected chi connectivity index (χ4v) is 3.50. The first-order chi connectivity index (χ1) is 12.6. The Balaban J connectivity index is 1.79. The summed E-state index contributed by atoms with van der Waals surface area (Å²) in [5.74, 6) is -0.0852. The van der Waals surface area contributed by atoms with Crippen molar-refractivity contribution in [2.24, 2.45) is 0 Å². The van der Waals surface area contributed by atoms with Gasteiger partial charge >= 0.3 is 5.97 Å². The molecule has 0 aliphatic carbocycles. The van der Waals surface area contributed by atoms with Gasteiger partial charge in [-0.05, 0) is 17.7 Å². The van der Waals surface area contributed by atoms with Crippen LogP contribution in [0.15, 0.2) is 48.5 Å². The third-order valence-electron chi connectivity index (χ3n) is 4.77. The third kappa shape index (κ3) is 4.26. The van der Waals surface area contributed by atoms with Gasteiger partial charge in [0.15, 0.2) is 0 Å². The summed E-state index contributed by atoms with van der Waals surface area (Å²) in [5, 5.41) is 9.38. The number of anilines is 2. The minimum atomic E-state index is -0.803. The smallest absolute Gasteiger partial charge is 0.305 e. The van der Waals surface area contributed by atoms with E-state index in [9.17, 15) is 9.90 Å². The fraction of sp³-hybridized carbons (Fsp3) is 0.350. The highest BCUT2D eigenvalue weighted by atomic mass is 16.5. The van der Waals surface area contributed by atoms with Gasteiger partial charge in [0.25, 0.3) is 0 Å². The molecule has 0 aromatic heterocycles. The molecule has 3 rings (SSSR count). The van der Waals surface area contributed by atoms with Gasteiger partial charge in [0.1, 0.15) is 5.75 Å². The van der Waals surface area contributed by atoms with Crippen LogP contribution in [0, 0.1) is 0 Å². The molecule has 1 aliphatic heterocycles. The number of hydrogen-bond acceptors (Lipinski definition) is 5. The van der Waals surface area contributed by atoms with Crippen molar-refractivity contribution in [1.82, 2.24) is 4.90 Å². The number of carboxylic acids is 1. The number of ether oxygens (including phenoxy) is 1. The largest absolute Gasteiger partial charge is 0.497 e. The highest BCUT2D eigenvalue weighted by molar-refractivity contribution is 5.73. The molecule has 0 spiro atoms. The minimum Gasteiger partial charge on any atom is -0.497 e. The maximum absolute atomic E-state index is 11.4. The van der Waals surface area contributed by atoms with Crippen LogP contribution in [0.1, 0.15) is 12.0 Å². The number of carboxylic acid groups (broad SMARTS) is 1. The van der Waals surface area contributed by atoms with Crippen LogP contribution in [0.25, 0.3) is 0 Å². The van der Waals surface area contributed by atoms with E-state index in [4.69, 9.17) is 10.5 Å². The van der Waals surface area contributed by atoms with Crippen molar-refractivity contribution >= 4 is 17.3 Å². The van der Waals surface area contributed by atoms with E-state index in [-0.39, 0.29) is 12.5 Å². The number of methoxy groups -OCH3 is 1. The van der Waals surface area contributed by atoms with Crippen molar-refractivity contribution in [3.63, 3.8) is 0 Å². The predicted octanol–water partition coefficient (Wildman–Crippen LogP) is 2.44. The minimum absolute atomic E-state index is 0.0714. The van der Waals surface area contributed by atoms with Gasteiger partial charge in [-0.25, -0.2) is 0 Å². The second-order valence-electron chi connectivity index (χ2n) is 6.59. The molecule has 26 heavy (non-hydrogen) atoms. The zero-order valence-electron chi connectivity index (χ0n) is 15.0. The molecule has 0 unspecified atom stereocenters.